The zero-order valence-corrected chi connectivity index (χ0v) is 17.0. The molecule has 11 heteroatoms. The van der Waals surface area contributed by atoms with Gasteiger partial charge in [-0.15, -0.1) is 10.2 Å². The normalized spacial score (nSPS) is 11.7. The van der Waals surface area contributed by atoms with Crippen LogP contribution in [0.1, 0.15) is 44.5 Å². The maximum atomic E-state index is 12.6. The lowest BCUT2D eigenvalue weighted by molar-refractivity contribution is -0.115. The summed E-state index contributed by atoms with van der Waals surface area (Å²) in [7, 11) is -4.07. The minimum absolute atomic E-state index is 0.0842. The predicted molar refractivity (Wildman–Crippen MR) is 103 cm³/mol. The van der Waals surface area contributed by atoms with Crippen LogP contribution in [-0.2, 0) is 14.8 Å². The second-order valence-electron chi connectivity index (χ2n) is 6.63. The number of amides is 2. The van der Waals surface area contributed by atoms with Crippen molar-refractivity contribution >= 4 is 44.0 Å². The van der Waals surface area contributed by atoms with Crippen LogP contribution in [0.2, 0.25) is 0 Å². The van der Waals surface area contributed by atoms with E-state index in [4.69, 9.17) is 0 Å². The number of hydrogen-bond donors (Lipinski definition) is 3. The standard InChI is InChI=1S/C16H21N5O4S2/c1-5-12(22)17-14-19-20-15(26-14)27(24,25)21-11-9-7-6-8-10(11)13(23)18-16(2,3)4/h6-9,21H,5H2,1-4H3,(H,18,23)(H,17,19,22). The molecule has 2 rings (SSSR count). The highest BCUT2D eigenvalue weighted by Crippen LogP contribution is 2.24. The molecule has 0 radical (unpaired) electrons. The molecule has 1 aromatic heterocycles. The summed E-state index contributed by atoms with van der Waals surface area (Å²) in [6.45, 7) is 7.14. The lowest BCUT2D eigenvalue weighted by Gasteiger charge is -2.21. The SMILES string of the molecule is CCC(=O)Nc1nnc(S(=O)(=O)Nc2ccccc2C(=O)NC(C)(C)C)s1. The van der Waals surface area contributed by atoms with Crippen molar-refractivity contribution in [3.63, 3.8) is 0 Å². The summed E-state index contributed by atoms with van der Waals surface area (Å²) in [5, 5.41) is 12.6. The Morgan fingerprint density at radius 1 is 1.15 bits per heavy atom. The molecular weight excluding hydrogens is 390 g/mol. The molecule has 1 aromatic carbocycles. The molecule has 0 fully saturated rings. The lowest BCUT2D eigenvalue weighted by Crippen LogP contribution is -2.40. The lowest BCUT2D eigenvalue weighted by atomic mass is 10.1. The molecule has 0 bridgehead atoms. The second-order valence-corrected chi connectivity index (χ2v) is 9.46. The molecule has 146 valence electrons. The molecule has 0 saturated heterocycles. The summed E-state index contributed by atoms with van der Waals surface area (Å²) in [5.41, 5.74) is -0.178. The van der Waals surface area contributed by atoms with Crippen molar-refractivity contribution < 1.29 is 18.0 Å². The fraction of sp³-hybridized carbons (Fsp3) is 0.375. The topological polar surface area (TPSA) is 130 Å². The Morgan fingerprint density at radius 2 is 1.81 bits per heavy atom. The van der Waals surface area contributed by atoms with Crippen LogP contribution in [0.25, 0.3) is 0 Å². The minimum Gasteiger partial charge on any atom is -0.347 e. The number of aromatic nitrogens is 2. The molecule has 0 aliphatic rings. The van der Waals surface area contributed by atoms with E-state index < -0.39 is 21.5 Å². The third-order valence-corrected chi connectivity index (χ3v) is 5.68. The fourth-order valence-corrected chi connectivity index (χ4v) is 3.94. The Labute approximate surface area is 161 Å². The number of benzene rings is 1. The van der Waals surface area contributed by atoms with Gasteiger partial charge in [-0.3, -0.25) is 14.3 Å². The number of nitrogens with zero attached hydrogens (tertiary/aromatic N) is 2. The maximum Gasteiger partial charge on any atom is 0.291 e. The van der Waals surface area contributed by atoms with E-state index in [1.54, 1.807) is 19.1 Å². The molecule has 0 spiro atoms. The molecule has 2 aromatic rings. The second kappa shape index (κ2) is 8.01. The van der Waals surface area contributed by atoms with Crippen molar-refractivity contribution in [2.24, 2.45) is 0 Å². The maximum absolute atomic E-state index is 12.6. The van der Waals surface area contributed by atoms with Crippen molar-refractivity contribution in [1.29, 1.82) is 0 Å². The van der Waals surface area contributed by atoms with Gasteiger partial charge in [0.1, 0.15) is 0 Å². The molecule has 0 aliphatic heterocycles. The largest absolute Gasteiger partial charge is 0.347 e. The number of para-hydroxylation sites is 1. The van der Waals surface area contributed by atoms with Gasteiger partial charge in [0.05, 0.1) is 11.3 Å². The molecule has 0 saturated carbocycles. The molecular formula is C16H21N5O4S2. The van der Waals surface area contributed by atoms with E-state index in [2.05, 4.69) is 25.6 Å². The van der Waals surface area contributed by atoms with Gasteiger partial charge in [-0.1, -0.05) is 30.4 Å². The van der Waals surface area contributed by atoms with Gasteiger partial charge in [0.15, 0.2) is 0 Å². The Hall–Kier alpha value is -2.53. The third-order valence-electron chi connectivity index (χ3n) is 3.11. The zero-order chi connectivity index (χ0) is 20.2. The van der Waals surface area contributed by atoms with E-state index in [1.807, 2.05) is 20.8 Å². The van der Waals surface area contributed by atoms with Crippen LogP contribution >= 0.6 is 11.3 Å². The van der Waals surface area contributed by atoms with Crippen molar-refractivity contribution in [2.75, 3.05) is 10.0 Å². The summed E-state index contributed by atoms with van der Waals surface area (Å²) in [6.07, 6.45) is 0.232. The number of rotatable bonds is 6. The number of anilines is 2. The van der Waals surface area contributed by atoms with Crippen LogP contribution in [0.4, 0.5) is 10.8 Å². The first-order valence-corrected chi connectivity index (χ1v) is 10.4. The van der Waals surface area contributed by atoms with Crippen LogP contribution in [0.3, 0.4) is 0 Å². The van der Waals surface area contributed by atoms with Gasteiger partial charge in [-0.2, -0.15) is 8.42 Å². The quantitative estimate of drug-likeness (QED) is 0.625. The van der Waals surface area contributed by atoms with Gasteiger partial charge in [0.25, 0.3) is 20.3 Å². The van der Waals surface area contributed by atoms with Crippen LogP contribution in [-0.4, -0.2) is 36.0 Å². The summed E-state index contributed by atoms with van der Waals surface area (Å²) >= 11 is 0.722. The Kier molecular flexibility index (Phi) is 6.16. The van der Waals surface area contributed by atoms with E-state index >= 15 is 0 Å². The number of sulfonamides is 1. The molecule has 9 nitrogen and oxygen atoms in total. The smallest absolute Gasteiger partial charge is 0.291 e. The monoisotopic (exact) mass is 411 g/mol. The molecule has 0 atom stereocenters. The van der Waals surface area contributed by atoms with Crippen LogP contribution < -0.4 is 15.4 Å². The summed E-state index contributed by atoms with van der Waals surface area (Å²) < 4.78 is 27.2. The van der Waals surface area contributed by atoms with E-state index in [1.165, 1.54) is 12.1 Å². The number of carbonyl (C=O) groups is 2. The number of carbonyl (C=O) groups excluding carboxylic acids is 2. The van der Waals surface area contributed by atoms with Gasteiger partial charge in [-0.25, -0.2) is 0 Å². The Bertz CT molecular complexity index is 948. The number of hydrogen-bond acceptors (Lipinski definition) is 7. The van der Waals surface area contributed by atoms with Gasteiger partial charge in [0.2, 0.25) is 11.0 Å². The van der Waals surface area contributed by atoms with Crippen molar-refractivity contribution in [1.82, 2.24) is 15.5 Å². The Morgan fingerprint density at radius 3 is 2.44 bits per heavy atom. The molecule has 1 heterocycles. The minimum atomic E-state index is -4.07. The molecule has 3 N–H and O–H groups in total. The average Bonchev–Trinajstić information content (AvgIpc) is 3.02. The van der Waals surface area contributed by atoms with Crippen molar-refractivity contribution in [2.45, 2.75) is 44.0 Å². The van der Waals surface area contributed by atoms with Crippen molar-refractivity contribution in [3.05, 3.63) is 29.8 Å². The van der Waals surface area contributed by atoms with E-state index in [0.29, 0.717) is 0 Å². The summed E-state index contributed by atoms with van der Waals surface area (Å²) in [6, 6.07) is 6.25. The highest BCUT2D eigenvalue weighted by molar-refractivity contribution is 7.94. The molecule has 0 aliphatic carbocycles. The first-order valence-electron chi connectivity index (χ1n) is 8.09. The van der Waals surface area contributed by atoms with Gasteiger partial charge in [-0.05, 0) is 32.9 Å². The van der Waals surface area contributed by atoms with E-state index in [0.717, 1.165) is 11.3 Å². The first-order chi connectivity index (χ1) is 12.5. The van der Waals surface area contributed by atoms with Crippen LogP contribution in [0.15, 0.2) is 28.6 Å². The summed E-state index contributed by atoms with van der Waals surface area (Å²) in [5.74, 6) is -0.707. The zero-order valence-electron chi connectivity index (χ0n) is 15.4. The van der Waals surface area contributed by atoms with Gasteiger partial charge < -0.3 is 10.6 Å². The highest BCUT2D eigenvalue weighted by atomic mass is 32.2. The van der Waals surface area contributed by atoms with Crippen LogP contribution in [0.5, 0.6) is 0 Å². The molecule has 0 unspecified atom stereocenters. The first kappa shape index (κ1) is 20.8. The third kappa shape index (κ3) is 5.73. The number of nitrogens with one attached hydrogen (secondary N) is 3. The van der Waals surface area contributed by atoms with E-state index in [-0.39, 0.29) is 33.1 Å². The van der Waals surface area contributed by atoms with Gasteiger partial charge >= 0.3 is 0 Å². The Balaban J connectivity index is 2.26. The fourth-order valence-electron chi connectivity index (χ4n) is 1.94. The van der Waals surface area contributed by atoms with Crippen molar-refractivity contribution in [3.8, 4) is 0 Å². The molecule has 2 amide bonds. The summed E-state index contributed by atoms with van der Waals surface area (Å²) in [4.78, 5) is 23.8. The molecule has 27 heavy (non-hydrogen) atoms. The highest BCUT2D eigenvalue weighted by Gasteiger charge is 2.24. The average molecular weight is 412 g/mol. The predicted octanol–water partition coefficient (Wildman–Crippen LogP) is 2.22. The van der Waals surface area contributed by atoms with E-state index in [9.17, 15) is 18.0 Å². The van der Waals surface area contributed by atoms with Crippen LogP contribution in [0, 0.1) is 0 Å². The van der Waals surface area contributed by atoms with Gasteiger partial charge in [0, 0.05) is 12.0 Å².